The van der Waals surface area contributed by atoms with Crippen LogP contribution < -0.4 is 14.8 Å². The minimum atomic E-state index is -4.86. The Hall–Kier alpha value is -1.96. The molecule has 0 heterocycles. The van der Waals surface area contributed by atoms with Crippen molar-refractivity contribution in [1.29, 1.82) is 0 Å². The number of aryl methyl sites for hydroxylation is 1. The van der Waals surface area contributed by atoms with Gasteiger partial charge in [-0.05, 0) is 77.8 Å². The molecule has 0 aliphatic carbocycles. The van der Waals surface area contributed by atoms with E-state index in [0.717, 1.165) is 34.4 Å². The van der Waals surface area contributed by atoms with Crippen LogP contribution in [-0.2, 0) is 14.6 Å². The fourth-order valence-electron chi connectivity index (χ4n) is 2.81. The maximum Gasteiger partial charge on any atom is 0.573 e. The standard InChI is InChI=1S/C21H23BrF3NO6S2/c1-14-11-16(4-5-18(14)31-13-20(27)28)33-9-8-26-7-2-10-34(29,30)19-6-3-15(12-17(19)22)32-21(23,24)25/h3-6,11-12,26H,2,7-10,13H2,1H3,(H,27,28). The molecular weight excluding hydrogens is 563 g/mol. The fourth-order valence-corrected chi connectivity index (χ4v) is 6.19. The molecule has 0 spiro atoms. The third-order valence-corrected chi connectivity index (χ3v) is 8.05. The molecule has 0 fully saturated rings. The van der Waals surface area contributed by atoms with Crippen LogP contribution >= 0.6 is 27.7 Å². The van der Waals surface area contributed by atoms with Crippen molar-refractivity contribution in [2.45, 2.75) is 29.5 Å². The zero-order chi connectivity index (χ0) is 25.4. The van der Waals surface area contributed by atoms with Crippen molar-refractivity contribution < 1.29 is 41.0 Å². The van der Waals surface area contributed by atoms with Crippen molar-refractivity contribution in [2.24, 2.45) is 0 Å². The molecule has 0 aromatic heterocycles. The smallest absolute Gasteiger partial charge is 0.482 e. The van der Waals surface area contributed by atoms with E-state index in [9.17, 15) is 26.4 Å². The lowest BCUT2D eigenvalue weighted by Gasteiger charge is -2.12. The molecule has 0 saturated carbocycles. The van der Waals surface area contributed by atoms with Gasteiger partial charge < -0.3 is 19.9 Å². The van der Waals surface area contributed by atoms with Gasteiger partial charge in [0.2, 0.25) is 0 Å². The van der Waals surface area contributed by atoms with Gasteiger partial charge in [0.15, 0.2) is 16.4 Å². The van der Waals surface area contributed by atoms with Gasteiger partial charge in [-0.15, -0.1) is 24.9 Å². The Morgan fingerprint density at radius 2 is 1.91 bits per heavy atom. The summed E-state index contributed by atoms with van der Waals surface area (Å²) in [6.07, 6.45) is -4.53. The lowest BCUT2D eigenvalue weighted by molar-refractivity contribution is -0.274. The van der Waals surface area contributed by atoms with E-state index in [-0.39, 0.29) is 15.1 Å². The monoisotopic (exact) mass is 585 g/mol. The predicted octanol–water partition coefficient (Wildman–Crippen LogP) is 4.67. The summed E-state index contributed by atoms with van der Waals surface area (Å²) in [7, 11) is -3.68. The quantitative estimate of drug-likeness (QED) is 0.258. The van der Waals surface area contributed by atoms with Gasteiger partial charge in [0, 0.05) is 21.7 Å². The average Bonchev–Trinajstić information content (AvgIpc) is 2.71. The molecule has 0 aliphatic rings. The van der Waals surface area contributed by atoms with E-state index < -0.39 is 34.5 Å². The molecule has 0 radical (unpaired) electrons. The number of hydrogen-bond acceptors (Lipinski definition) is 7. The molecule has 13 heteroatoms. The molecule has 0 saturated heterocycles. The summed E-state index contributed by atoms with van der Waals surface area (Å²) >= 11 is 4.59. The predicted molar refractivity (Wildman–Crippen MR) is 125 cm³/mol. The highest BCUT2D eigenvalue weighted by molar-refractivity contribution is 9.10. The van der Waals surface area contributed by atoms with Crippen molar-refractivity contribution in [1.82, 2.24) is 5.32 Å². The molecule has 2 aromatic rings. The number of halogens is 4. The van der Waals surface area contributed by atoms with Gasteiger partial charge in [-0.3, -0.25) is 0 Å². The molecule has 0 aliphatic heterocycles. The topological polar surface area (TPSA) is 102 Å². The number of carboxylic acids is 1. The van der Waals surface area contributed by atoms with Crippen molar-refractivity contribution in [3.63, 3.8) is 0 Å². The summed E-state index contributed by atoms with van der Waals surface area (Å²) in [5.74, 6) is -0.469. The van der Waals surface area contributed by atoms with Crippen molar-refractivity contribution >= 4 is 43.5 Å². The van der Waals surface area contributed by atoms with Gasteiger partial charge in [0.1, 0.15) is 11.5 Å². The van der Waals surface area contributed by atoms with Crippen molar-refractivity contribution in [3.05, 3.63) is 46.4 Å². The van der Waals surface area contributed by atoms with Crippen molar-refractivity contribution in [3.8, 4) is 11.5 Å². The highest BCUT2D eigenvalue weighted by Crippen LogP contribution is 2.31. The first-order valence-corrected chi connectivity index (χ1v) is 13.4. The summed E-state index contributed by atoms with van der Waals surface area (Å²) in [4.78, 5) is 11.5. The normalized spacial score (nSPS) is 11.9. The second-order valence-corrected chi connectivity index (χ2v) is 11.1. The van der Waals surface area contributed by atoms with Crippen LogP contribution in [0.1, 0.15) is 12.0 Å². The van der Waals surface area contributed by atoms with E-state index >= 15 is 0 Å². The average molecular weight is 586 g/mol. The van der Waals surface area contributed by atoms with Crippen LogP contribution in [0.5, 0.6) is 11.5 Å². The van der Waals surface area contributed by atoms with Crippen LogP contribution in [0, 0.1) is 6.92 Å². The van der Waals surface area contributed by atoms with Crippen LogP contribution in [0.25, 0.3) is 0 Å². The number of hydrogen-bond donors (Lipinski definition) is 2. The Labute approximate surface area is 208 Å². The fraction of sp³-hybridized carbons (Fsp3) is 0.381. The molecule has 2 rings (SSSR count). The number of carbonyl (C=O) groups is 1. The molecule has 0 unspecified atom stereocenters. The second-order valence-electron chi connectivity index (χ2n) is 7.02. The third kappa shape index (κ3) is 9.72. The lowest BCUT2D eigenvalue weighted by atomic mass is 10.2. The van der Waals surface area contributed by atoms with Gasteiger partial charge in [-0.25, -0.2) is 13.2 Å². The van der Waals surface area contributed by atoms with Crippen LogP contribution in [0.4, 0.5) is 13.2 Å². The highest BCUT2D eigenvalue weighted by Gasteiger charge is 2.31. The minimum Gasteiger partial charge on any atom is -0.482 e. The lowest BCUT2D eigenvalue weighted by Crippen LogP contribution is -2.21. The summed E-state index contributed by atoms with van der Waals surface area (Å²) < 4.78 is 70.9. The molecule has 188 valence electrons. The number of benzene rings is 2. The largest absolute Gasteiger partial charge is 0.573 e. The van der Waals surface area contributed by atoms with Crippen LogP contribution in [0.2, 0.25) is 0 Å². The van der Waals surface area contributed by atoms with E-state index in [1.165, 1.54) is 0 Å². The molecule has 0 atom stereocenters. The molecular formula is C21H23BrF3NO6S2. The van der Waals surface area contributed by atoms with Gasteiger partial charge >= 0.3 is 12.3 Å². The first kappa shape index (κ1) is 28.3. The molecule has 7 nitrogen and oxygen atoms in total. The number of alkyl halides is 3. The second kappa shape index (κ2) is 12.7. The number of rotatable bonds is 13. The number of carboxylic acid groups (broad SMARTS) is 1. The van der Waals surface area contributed by atoms with E-state index in [1.807, 2.05) is 19.1 Å². The number of aliphatic carboxylic acids is 1. The first-order valence-electron chi connectivity index (χ1n) is 9.94. The Bertz CT molecular complexity index is 1100. The zero-order valence-electron chi connectivity index (χ0n) is 18.0. The molecule has 0 amide bonds. The van der Waals surface area contributed by atoms with E-state index in [0.29, 0.717) is 25.3 Å². The zero-order valence-corrected chi connectivity index (χ0v) is 21.2. The van der Waals surface area contributed by atoms with Crippen LogP contribution in [-0.4, -0.2) is 57.1 Å². The SMILES string of the molecule is Cc1cc(SCCNCCCS(=O)(=O)c2ccc(OC(F)(F)F)cc2Br)ccc1OCC(=O)O. The van der Waals surface area contributed by atoms with Crippen molar-refractivity contribution in [2.75, 3.05) is 31.2 Å². The van der Waals surface area contributed by atoms with E-state index in [1.54, 1.807) is 17.8 Å². The van der Waals surface area contributed by atoms with E-state index in [4.69, 9.17) is 9.84 Å². The summed E-state index contributed by atoms with van der Waals surface area (Å²) in [6, 6.07) is 8.49. The number of nitrogens with one attached hydrogen (secondary N) is 1. The summed E-state index contributed by atoms with van der Waals surface area (Å²) in [6.45, 7) is 2.51. The van der Waals surface area contributed by atoms with Gasteiger partial charge in [-0.1, -0.05) is 0 Å². The molecule has 0 bridgehead atoms. The Kier molecular flexibility index (Phi) is 10.5. The maximum absolute atomic E-state index is 12.5. The van der Waals surface area contributed by atoms with Crippen LogP contribution in [0.15, 0.2) is 50.7 Å². The molecule has 34 heavy (non-hydrogen) atoms. The van der Waals surface area contributed by atoms with Crippen LogP contribution in [0.3, 0.4) is 0 Å². The van der Waals surface area contributed by atoms with Gasteiger partial charge in [0.05, 0.1) is 10.6 Å². The summed E-state index contributed by atoms with van der Waals surface area (Å²) in [5.41, 5.74) is 0.827. The maximum atomic E-state index is 12.5. The van der Waals surface area contributed by atoms with Gasteiger partial charge in [0.25, 0.3) is 0 Å². The minimum absolute atomic E-state index is 0.00767. The van der Waals surface area contributed by atoms with E-state index in [2.05, 4.69) is 26.0 Å². The molecule has 2 N–H and O–H groups in total. The van der Waals surface area contributed by atoms with Gasteiger partial charge in [-0.2, -0.15) is 0 Å². The Balaban J connectivity index is 1.72. The Morgan fingerprint density at radius 1 is 1.18 bits per heavy atom. The number of ether oxygens (including phenoxy) is 2. The third-order valence-electron chi connectivity index (χ3n) is 4.28. The highest BCUT2D eigenvalue weighted by atomic mass is 79.9. The number of thioether (sulfide) groups is 1. The first-order chi connectivity index (χ1) is 15.9. The Morgan fingerprint density at radius 3 is 2.53 bits per heavy atom. The number of sulfone groups is 1. The summed E-state index contributed by atoms with van der Waals surface area (Å²) in [5, 5.41) is 11.8. The molecule has 2 aromatic carbocycles.